The highest BCUT2D eigenvalue weighted by atomic mass is 16.5. The van der Waals surface area contributed by atoms with Gasteiger partial charge in [0.2, 0.25) is 0 Å². The number of para-hydroxylation sites is 1. The lowest BCUT2D eigenvalue weighted by molar-refractivity contribution is -0.149. The number of nitriles is 1. The van der Waals surface area contributed by atoms with Crippen LogP contribution in [0, 0.1) is 17.2 Å². The fourth-order valence-corrected chi connectivity index (χ4v) is 3.19. The number of nitrogens with one attached hydrogen (secondary N) is 1. The van der Waals surface area contributed by atoms with Gasteiger partial charge in [-0.2, -0.15) is 5.26 Å². The Morgan fingerprint density at radius 3 is 2.55 bits per heavy atom. The molecule has 1 aliphatic rings. The Labute approximate surface area is 182 Å². The van der Waals surface area contributed by atoms with Crippen molar-refractivity contribution in [2.75, 3.05) is 31.6 Å². The molecular formula is C23H29N3O5. The van der Waals surface area contributed by atoms with Crippen LogP contribution in [0.4, 0.5) is 5.69 Å². The third-order valence-corrected chi connectivity index (χ3v) is 4.95. The monoisotopic (exact) mass is 427 g/mol. The van der Waals surface area contributed by atoms with Crippen LogP contribution in [0.5, 0.6) is 0 Å². The average molecular weight is 428 g/mol. The third-order valence-electron chi connectivity index (χ3n) is 4.95. The molecule has 0 aliphatic carbocycles. The first-order chi connectivity index (χ1) is 15.0. The van der Waals surface area contributed by atoms with Crippen molar-refractivity contribution in [3.05, 3.63) is 41.6 Å². The first-order valence-electron chi connectivity index (χ1n) is 10.6. The number of nitrogens with zero attached hydrogens (tertiary/aromatic N) is 2. The lowest BCUT2D eigenvalue weighted by atomic mass is 9.97. The zero-order valence-corrected chi connectivity index (χ0v) is 18.1. The Balaban J connectivity index is 2.02. The summed E-state index contributed by atoms with van der Waals surface area (Å²) >= 11 is 0. The molecular weight excluding hydrogens is 398 g/mol. The van der Waals surface area contributed by atoms with Gasteiger partial charge in [-0.1, -0.05) is 25.5 Å². The summed E-state index contributed by atoms with van der Waals surface area (Å²) in [6, 6.07) is 8.44. The maximum atomic E-state index is 12.7. The number of hydrogen-bond donors (Lipinski definition) is 1. The minimum absolute atomic E-state index is 0.0799. The van der Waals surface area contributed by atoms with Crippen molar-refractivity contribution < 1.29 is 23.9 Å². The van der Waals surface area contributed by atoms with Gasteiger partial charge in [-0.3, -0.25) is 9.59 Å². The molecule has 1 saturated heterocycles. The summed E-state index contributed by atoms with van der Waals surface area (Å²) < 4.78 is 10.3. The van der Waals surface area contributed by atoms with Crippen molar-refractivity contribution in [2.45, 2.75) is 39.5 Å². The number of hydrogen-bond acceptors (Lipinski definition) is 7. The smallest absolute Gasteiger partial charge is 0.340 e. The summed E-state index contributed by atoms with van der Waals surface area (Å²) in [4.78, 5) is 38.7. The number of carbonyl (C=O) groups excluding carboxylic acids is 3. The molecule has 166 valence electrons. The summed E-state index contributed by atoms with van der Waals surface area (Å²) in [5.41, 5.74) is 0.444. The Morgan fingerprint density at radius 2 is 1.90 bits per heavy atom. The molecule has 0 bridgehead atoms. The lowest BCUT2D eigenvalue weighted by Crippen LogP contribution is -2.34. The van der Waals surface area contributed by atoms with Crippen LogP contribution in [-0.2, 0) is 19.1 Å². The number of esters is 2. The minimum Gasteiger partial charge on any atom is -0.466 e. The zero-order chi connectivity index (χ0) is 22.6. The van der Waals surface area contributed by atoms with Crippen LogP contribution in [0.3, 0.4) is 0 Å². The number of benzene rings is 1. The molecule has 1 heterocycles. The van der Waals surface area contributed by atoms with Crippen LogP contribution >= 0.6 is 0 Å². The van der Waals surface area contributed by atoms with Crippen molar-refractivity contribution >= 4 is 23.5 Å². The molecule has 31 heavy (non-hydrogen) atoms. The highest BCUT2D eigenvalue weighted by Gasteiger charge is 2.25. The van der Waals surface area contributed by atoms with E-state index in [2.05, 4.69) is 5.32 Å². The molecule has 0 saturated carbocycles. The Bertz CT molecular complexity index is 851. The van der Waals surface area contributed by atoms with E-state index < -0.39 is 11.9 Å². The summed E-state index contributed by atoms with van der Waals surface area (Å²) in [6.45, 7) is 5.52. The van der Waals surface area contributed by atoms with Crippen molar-refractivity contribution in [3.63, 3.8) is 0 Å². The number of anilines is 1. The lowest BCUT2D eigenvalue weighted by Gasteiger charge is -2.30. The maximum Gasteiger partial charge on any atom is 0.340 e. The van der Waals surface area contributed by atoms with Crippen LogP contribution in [0.1, 0.15) is 49.9 Å². The SMILES string of the molecule is CCCCOC(=O)c1ccccc1NC(=O)/C(C#N)=C\N1CCC(C(=O)OCC)CC1. The topological polar surface area (TPSA) is 109 Å². The van der Waals surface area contributed by atoms with Gasteiger partial charge in [0.15, 0.2) is 0 Å². The summed E-state index contributed by atoms with van der Waals surface area (Å²) in [5.74, 6) is -1.49. The molecule has 0 atom stereocenters. The molecule has 1 fully saturated rings. The van der Waals surface area contributed by atoms with Gasteiger partial charge in [0.25, 0.3) is 5.91 Å². The molecule has 1 aromatic carbocycles. The van der Waals surface area contributed by atoms with E-state index in [0.29, 0.717) is 39.1 Å². The predicted molar refractivity (Wildman–Crippen MR) is 115 cm³/mol. The highest BCUT2D eigenvalue weighted by Crippen LogP contribution is 2.21. The van der Waals surface area contributed by atoms with Gasteiger partial charge in [-0.05, 0) is 38.3 Å². The number of amides is 1. The first-order valence-corrected chi connectivity index (χ1v) is 10.6. The molecule has 1 N–H and O–H groups in total. The van der Waals surface area contributed by atoms with E-state index in [1.54, 1.807) is 31.2 Å². The Kier molecular flexibility index (Phi) is 9.56. The summed E-state index contributed by atoms with van der Waals surface area (Å²) in [6.07, 6.45) is 4.36. The Hall–Kier alpha value is -3.34. The molecule has 0 unspecified atom stereocenters. The number of rotatable bonds is 9. The van der Waals surface area contributed by atoms with E-state index in [1.807, 2.05) is 17.9 Å². The average Bonchev–Trinajstić information content (AvgIpc) is 2.78. The summed E-state index contributed by atoms with van der Waals surface area (Å²) in [7, 11) is 0. The number of likely N-dealkylation sites (tertiary alicyclic amines) is 1. The largest absolute Gasteiger partial charge is 0.466 e. The van der Waals surface area contributed by atoms with Crippen LogP contribution in [0.15, 0.2) is 36.0 Å². The summed E-state index contributed by atoms with van der Waals surface area (Å²) in [5, 5.41) is 12.1. The van der Waals surface area contributed by atoms with Crippen molar-refractivity contribution in [1.82, 2.24) is 4.90 Å². The molecule has 1 amide bonds. The maximum absolute atomic E-state index is 12.7. The van der Waals surface area contributed by atoms with Crippen LogP contribution < -0.4 is 5.32 Å². The van der Waals surface area contributed by atoms with Crippen molar-refractivity contribution in [2.24, 2.45) is 5.92 Å². The van der Waals surface area contributed by atoms with E-state index in [1.165, 1.54) is 6.20 Å². The molecule has 8 heteroatoms. The molecule has 8 nitrogen and oxygen atoms in total. The molecule has 0 spiro atoms. The van der Waals surface area contributed by atoms with E-state index in [0.717, 1.165) is 12.8 Å². The quantitative estimate of drug-likeness (QED) is 0.279. The number of piperidine rings is 1. The Morgan fingerprint density at radius 1 is 1.19 bits per heavy atom. The number of carbonyl (C=O) groups is 3. The van der Waals surface area contributed by atoms with E-state index in [4.69, 9.17) is 9.47 Å². The fourth-order valence-electron chi connectivity index (χ4n) is 3.19. The predicted octanol–water partition coefficient (Wildman–Crippen LogP) is 3.26. The van der Waals surface area contributed by atoms with Crippen LogP contribution in [0.2, 0.25) is 0 Å². The normalized spacial score (nSPS) is 14.5. The molecule has 1 aliphatic heterocycles. The first kappa shape index (κ1) is 23.9. The number of unbranched alkanes of at least 4 members (excludes halogenated alkanes) is 1. The van der Waals surface area contributed by atoms with E-state index in [-0.39, 0.29) is 28.7 Å². The molecule has 0 aromatic heterocycles. The van der Waals surface area contributed by atoms with E-state index >= 15 is 0 Å². The zero-order valence-electron chi connectivity index (χ0n) is 18.1. The number of ether oxygens (including phenoxy) is 2. The fraction of sp³-hybridized carbons (Fsp3) is 0.478. The molecule has 2 rings (SSSR count). The third kappa shape index (κ3) is 7.14. The van der Waals surface area contributed by atoms with Gasteiger partial charge in [-0.25, -0.2) is 4.79 Å². The second kappa shape index (κ2) is 12.4. The second-order valence-corrected chi connectivity index (χ2v) is 7.21. The molecule has 1 aromatic rings. The van der Waals surface area contributed by atoms with Gasteiger partial charge >= 0.3 is 11.9 Å². The van der Waals surface area contributed by atoms with Gasteiger partial charge in [0.05, 0.1) is 30.4 Å². The van der Waals surface area contributed by atoms with Crippen molar-refractivity contribution in [1.29, 1.82) is 5.26 Å². The standard InChI is InChI=1S/C23H29N3O5/c1-3-5-14-31-23(29)19-8-6-7-9-20(19)25-21(27)18(15-24)16-26-12-10-17(11-13-26)22(28)30-4-2/h6-9,16-17H,3-5,10-14H2,1-2H3,(H,25,27)/b18-16-. The highest BCUT2D eigenvalue weighted by molar-refractivity contribution is 6.09. The van der Waals surface area contributed by atoms with E-state index in [9.17, 15) is 19.6 Å². The van der Waals surface area contributed by atoms with Gasteiger partial charge in [-0.15, -0.1) is 0 Å². The van der Waals surface area contributed by atoms with Crippen LogP contribution in [0.25, 0.3) is 0 Å². The molecule has 0 radical (unpaired) electrons. The van der Waals surface area contributed by atoms with Crippen LogP contribution in [-0.4, -0.2) is 49.0 Å². The van der Waals surface area contributed by atoms with Gasteiger partial charge in [0.1, 0.15) is 11.6 Å². The minimum atomic E-state index is -0.608. The van der Waals surface area contributed by atoms with Gasteiger partial charge < -0.3 is 19.7 Å². The van der Waals surface area contributed by atoms with Gasteiger partial charge in [0, 0.05) is 19.3 Å². The second-order valence-electron chi connectivity index (χ2n) is 7.21. The van der Waals surface area contributed by atoms with Crippen molar-refractivity contribution in [3.8, 4) is 6.07 Å².